The zero-order valence-electron chi connectivity index (χ0n) is 10.2. The average Bonchev–Trinajstić information content (AvgIpc) is 3.00. The van der Waals surface area contributed by atoms with Crippen molar-refractivity contribution in [3.63, 3.8) is 0 Å². The van der Waals surface area contributed by atoms with Crippen LogP contribution in [0.2, 0.25) is 0 Å². The molecule has 96 valence electrons. The number of amides is 1. The van der Waals surface area contributed by atoms with E-state index in [0.29, 0.717) is 25.4 Å². The van der Waals surface area contributed by atoms with Crippen LogP contribution in [0.25, 0.3) is 0 Å². The van der Waals surface area contributed by atoms with E-state index >= 15 is 0 Å². The van der Waals surface area contributed by atoms with Crippen LogP contribution in [-0.2, 0) is 9.59 Å². The maximum absolute atomic E-state index is 11.8. The summed E-state index contributed by atoms with van der Waals surface area (Å²) in [5.41, 5.74) is -1.10. The van der Waals surface area contributed by atoms with Crippen LogP contribution in [0.3, 0.4) is 0 Å². The molecule has 0 aromatic carbocycles. The van der Waals surface area contributed by atoms with E-state index in [9.17, 15) is 9.59 Å². The number of likely N-dealkylation sites (tertiary alicyclic amines) is 1. The molecule has 2 N–H and O–H groups in total. The SMILES string of the molecule is CCN1CCCC1CNC(=O)C1(C(=O)O)CC1. The van der Waals surface area contributed by atoms with Crippen molar-refractivity contribution in [2.75, 3.05) is 19.6 Å². The molecule has 1 aliphatic heterocycles. The molecular weight excluding hydrogens is 220 g/mol. The zero-order chi connectivity index (χ0) is 12.5. The maximum atomic E-state index is 11.8. The number of carboxylic acids is 1. The van der Waals surface area contributed by atoms with Gasteiger partial charge < -0.3 is 10.4 Å². The van der Waals surface area contributed by atoms with Crippen molar-refractivity contribution >= 4 is 11.9 Å². The molecule has 2 aliphatic rings. The molecule has 0 bridgehead atoms. The molecule has 17 heavy (non-hydrogen) atoms. The van der Waals surface area contributed by atoms with E-state index in [1.54, 1.807) is 0 Å². The average molecular weight is 240 g/mol. The second-order valence-electron chi connectivity index (χ2n) is 5.02. The first-order valence-electron chi connectivity index (χ1n) is 6.36. The molecule has 2 fully saturated rings. The molecule has 5 heteroatoms. The number of hydrogen-bond acceptors (Lipinski definition) is 3. The third-order valence-corrected chi connectivity index (χ3v) is 4.00. The van der Waals surface area contributed by atoms with Crippen LogP contribution in [-0.4, -0.2) is 47.6 Å². The number of aliphatic carboxylic acids is 1. The molecular formula is C12H20N2O3. The molecule has 1 saturated carbocycles. The molecule has 1 atom stereocenters. The first kappa shape index (κ1) is 12.4. The highest BCUT2D eigenvalue weighted by atomic mass is 16.4. The van der Waals surface area contributed by atoms with E-state index in [0.717, 1.165) is 19.5 Å². The Balaban J connectivity index is 1.82. The Morgan fingerprint density at radius 3 is 2.71 bits per heavy atom. The van der Waals surface area contributed by atoms with Crippen LogP contribution in [0, 0.1) is 5.41 Å². The van der Waals surface area contributed by atoms with Gasteiger partial charge in [0.15, 0.2) is 0 Å². The summed E-state index contributed by atoms with van der Waals surface area (Å²) in [7, 11) is 0. The zero-order valence-corrected chi connectivity index (χ0v) is 10.2. The van der Waals surface area contributed by atoms with Gasteiger partial charge in [0.05, 0.1) is 0 Å². The highest BCUT2D eigenvalue weighted by molar-refractivity contribution is 6.04. The van der Waals surface area contributed by atoms with E-state index in [1.165, 1.54) is 6.42 Å². The summed E-state index contributed by atoms with van der Waals surface area (Å²) in [4.78, 5) is 25.1. The predicted molar refractivity (Wildman–Crippen MR) is 62.6 cm³/mol. The number of rotatable bonds is 5. The summed E-state index contributed by atoms with van der Waals surface area (Å²) in [6.07, 6.45) is 3.22. The Labute approximate surface area is 101 Å². The van der Waals surface area contributed by atoms with Crippen LogP contribution in [0.4, 0.5) is 0 Å². The molecule has 0 aromatic rings. The highest BCUT2D eigenvalue weighted by Gasteiger charge is 2.57. The van der Waals surface area contributed by atoms with Crippen LogP contribution in [0.15, 0.2) is 0 Å². The minimum atomic E-state index is -1.10. The lowest BCUT2D eigenvalue weighted by atomic mass is 10.1. The number of nitrogens with zero attached hydrogens (tertiary/aromatic N) is 1. The smallest absolute Gasteiger partial charge is 0.319 e. The standard InChI is InChI=1S/C12H20N2O3/c1-2-14-7-3-4-9(14)8-13-10(15)12(5-6-12)11(16)17/h9H,2-8H2,1H3,(H,13,15)(H,16,17). The normalized spacial score (nSPS) is 26.8. The molecule has 1 aliphatic carbocycles. The first-order valence-corrected chi connectivity index (χ1v) is 6.36. The Kier molecular flexibility index (Phi) is 3.38. The monoisotopic (exact) mass is 240 g/mol. The van der Waals surface area contributed by atoms with Crippen molar-refractivity contribution in [1.29, 1.82) is 0 Å². The Morgan fingerprint density at radius 2 is 2.18 bits per heavy atom. The van der Waals surface area contributed by atoms with E-state index in [4.69, 9.17) is 5.11 Å². The van der Waals surface area contributed by atoms with Gasteiger partial charge in [0.2, 0.25) is 5.91 Å². The molecule has 5 nitrogen and oxygen atoms in total. The lowest BCUT2D eigenvalue weighted by molar-refractivity contribution is -0.149. The fourth-order valence-electron chi connectivity index (χ4n) is 2.59. The van der Waals surface area contributed by atoms with Crippen LogP contribution >= 0.6 is 0 Å². The second-order valence-corrected chi connectivity index (χ2v) is 5.02. The van der Waals surface area contributed by atoms with Gasteiger partial charge in [-0.15, -0.1) is 0 Å². The van der Waals surface area contributed by atoms with E-state index in [-0.39, 0.29) is 5.91 Å². The van der Waals surface area contributed by atoms with Crippen molar-refractivity contribution in [2.24, 2.45) is 5.41 Å². The molecule has 2 rings (SSSR count). The fraction of sp³-hybridized carbons (Fsp3) is 0.833. The van der Waals surface area contributed by atoms with E-state index in [1.807, 2.05) is 0 Å². The number of likely N-dealkylation sites (N-methyl/N-ethyl adjacent to an activating group) is 1. The van der Waals surface area contributed by atoms with Gasteiger partial charge in [-0.25, -0.2) is 0 Å². The first-order chi connectivity index (χ1) is 8.10. The molecule has 0 spiro atoms. The summed E-state index contributed by atoms with van der Waals surface area (Å²) in [6.45, 7) is 4.77. The second kappa shape index (κ2) is 4.64. The van der Waals surface area contributed by atoms with Crippen LogP contribution in [0.1, 0.15) is 32.6 Å². The third-order valence-electron chi connectivity index (χ3n) is 4.00. The van der Waals surface area contributed by atoms with Gasteiger partial charge in [-0.1, -0.05) is 6.92 Å². The van der Waals surface area contributed by atoms with Crippen molar-refractivity contribution < 1.29 is 14.7 Å². The third kappa shape index (κ3) is 2.29. The van der Waals surface area contributed by atoms with Gasteiger partial charge >= 0.3 is 5.97 Å². The van der Waals surface area contributed by atoms with Crippen molar-refractivity contribution in [2.45, 2.75) is 38.6 Å². The number of carbonyl (C=O) groups excluding carboxylic acids is 1. The molecule has 0 radical (unpaired) electrons. The molecule has 1 heterocycles. The van der Waals surface area contributed by atoms with Gasteiger partial charge in [-0.2, -0.15) is 0 Å². The molecule has 1 amide bonds. The van der Waals surface area contributed by atoms with Gasteiger partial charge in [-0.3, -0.25) is 14.5 Å². The van der Waals surface area contributed by atoms with Gasteiger partial charge in [0, 0.05) is 12.6 Å². The summed E-state index contributed by atoms with van der Waals surface area (Å²) in [6, 6.07) is 0.383. The number of nitrogens with one attached hydrogen (secondary N) is 1. The minimum Gasteiger partial charge on any atom is -0.480 e. The fourth-order valence-corrected chi connectivity index (χ4v) is 2.59. The summed E-state index contributed by atoms with van der Waals surface area (Å²) >= 11 is 0. The largest absolute Gasteiger partial charge is 0.480 e. The summed E-state index contributed by atoms with van der Waals surface area (Å²) in [5, 5.41) is 11.8. The summed E-state index contributed by atoms with van der Waals surface area (Å²) < 4.78 is 0. The van der Waals surface area contributed by atoms with Gasteiger partial charge in [-0.05, 0) is 38.8 Å². The van der Waals surface area contributed by atoms with Crippen LogP contribution in [0.5, 0.6) is 0 Å². The van der Waals surface area contributed by atoms with Crippen molar-refractivity contribution in [3.05, 3.63) is 0 Å². The predicted octanol–water partition coefficient (Wildman–Crippen LogP) is 0.452. The highest BCUT2D eigenvalue weighted by Crippen LogP contribution is 2.46. The Hall–Kier alpha value is -1.10. The number of hydrogen-bond donors (Lipinski definition) is 2. The number of carboxylic acid groups (broad SMARTS) is 1. The summed E-state index contributed by atoms with van der Waals surface area (Å²) in [5.74, 6) is -1.28. The van der Waals surface area contributed by atoms with Crippen LogP contribution < -0.4 is 5.32 Å². The molecule has 1 unspecified atom stereocenters. The minimum absolute atomic E-state index is 0.298. The van der Waals surface area contributed by atoms with Crippen molar-refractivity contribution in [1.82, 2.24) is 10.2 Å². The number of carbonyl (C=O) groups is 2. The topological polar surface area (TPSA) is 69.6 Å². The Bertz CT molecular complexity index is 326. The quantitative estimate of drug-likeness (QED) is 0.685. The van der Waals surface area contributed by atoms with Gasteiger partial charge in [0.1, 0.15) is 5.41 Å². The van der Waals surface area contributed by atoms with Crippen molar-refractivity contribution in [3.8, 4) is 0 Å². The maximum Gasteiger partial charge on any atom is 0.319 e. The lowest BCUT2D eigenvalue weighted by Crippen LogP contribution is -2.44. The van der Waals surface area contributed by atoms with Gasteiger partial charge in [0.25, 0.3) is 0 Å². The molecule has 0 aromatic heterocycles. The van der Waals surface area contributed by atoms with E-state index < -0.39 is 11.4 Å². The Morgan fingerprint density at radius 1 is 1.47 bits per heavy atom. The van der Waals surface area contributed by atoms with E-state index in [2.05, 4.69) is 17.1 Å². The lowest BCUT2D eigenvalue weighted by Gasteiger charge is -2.23. The molecule has 1 saturated heterocycles.